The van der Waals surface area contributed by atoms with Gasteiger partial charge in [0.2, 0.25) is 0 Å². The molecule has 15 heavy (non-hydrogen) atoms. The summed E-state index contributed by atoms with van der Waals surface area (Å²) in [6, 6.07) is 0.393. The first-order chi connectivity index (χ1) is 7.27. The molecule has 1 rings (SSSR count). The highest BCUT2D eigenvalue weighted by Crippen LogP contribution is 2.20. The Morgan fingerprint density at radius 2 is 2.40 bits per heavy atom. The van der Waals surface area contributed by atoms with E-state index >= 15 is 0 Å². The van der Waals surface area contributed by atoms with E-state index in [4.69, 9.17) is 4.74 Å². The molecule has 0 saturated heterocycles. The molecule has 1 aliphatic rings. The molecule has 0 fully saturated rings. The highest BCUT2D eigenvalue weighted by atomic mass is 32.2. The van der Waals surface area contributed by atoms with Gasteiger partial charge in [-0.2, -0.15) is 11.8 Å². The third kappa shape index (κ3) is 4.47. The summed E-state index contributed by atoms with van der Waals surface area (Å²) in [6.07, 6.45) is 5.81. The first-order valence-electron chi connectivity index (χ1n) is 5.89. The lowest BCUT2D eigenvalue weighted by molar-refractivity contribution is 0.173. The first kappa shape index (κ1) is 12.9. The van der Waals surface area contributed by atoms with Gasteiger partial charge in [-0.05, 0) is 32.4 Å². The van der Waals surface area contributed by atoms with Crippen molar-refractivity contribution in [3.05, 3.63) is 11.8 Å². The van der Waals surface area contributed by atoms with Crippen molar-refractivity contribution in [1.29, 1.82) is 0 Å². The number of hydrogen-bond donors (Lipinski definition) is 1. The standard InChI is InChI=1S/C12H23NOS/c1-4-10(2)15-9-11(13-3)12-7-5-6-8-14-12/h7,10-11,13H,4-6,8-9H2,1-3H3. The van der Waals surface area contributed by atoms with Crippen LogP contribution >= 0.6 is 11.8 Å². The molecule has 1 N–H and O–H groups in total. The topological polar surface area (TPSA) is 21.3 Å². The minimum absolute atomic E-state index is 0.393. The molecule has 0 aromatic carbocycles. The van der Waals surface area contributed by atoms with E-state index < -0.39 is 0 Å². The minimum Gasteiger partial charge on any atom is -0.497 e. The Morgan fingerprint density at radius 3 is 2.93 bits per heavy atom. The van der Waals surface area contributed by atoms with E-state index in [-0.39, 0.29) is 0 Å². The Bertz CT molecular complexity index is 206. The molecule has 0 amide bonds. The van der Waals surface area contributed by atoms with Crippen molar-refractivity contribution in [2.75, 3.05) is 19.4 Å². The van der Waals surface area contributed by atoms with E-state index in [1.807, 2.05) is 18.8 Å². The molecule has 2 unspecified atom stereocenters. The molecule has 0 aromatic rings. The third-order valence-corrected chi connectivity index (χ3v) is 4.21. The van der Waals surface area contributed by atoms with Crippen LogP contribution in [0.1, 0.15) is 33.1 Å². The van der Waals surface area contributed by atoms with E-state index in [1.54, 1.807) is 0 Å². The average molecular weight is 229 g/mol. The fourth-order valence-corrected chi connectivity index (χ4v) is 2.59. The van der Waals surface area contributed by atoms with E-state index in [1.165, 1.54) is 19.3 Å². The maximum Gasteiger partial charge on any atom is 0.110 e. The maximum absolute atomic E-state index is 5.68. The fourth-order valence-electron chi connectivity index (χ4n) is 1.51. The zero-order chi connectivity index (χ0) is 11.1. The quantitative estimate of drug-likeness (QED) is 0.757. The van der Waals surface area contributed by atoms with Crippen LogP contribution in [-0.2, 0) is 4.74 Å². The summed E-state index contributed by atoms with van der Waals surface area (Å²) in [5.41, 5.74) is 0. The second kappa shape index (κ2) is 7.18. The maximum atomic E-state index is 5.68. The van der Waals surface area contributed by atoms with Gasteiger partial charge in [-0.1, -0.05) is 13.8 Å². The van der Waals surface area contributed by atoms with Gasteiger partial charge < -0.3 is 10.1 Å². The number of rotatable bonds is 6. The number of nitrogens with one attached hydrogen (secondary N) is 1. The number of thioether (sulfide) groups is 1. The van der Waals surface area contributed by atoms with Crippen molar-refractivity contribution < 1.29 is 4.74 Å². The number of allylic oxidation sites excluding steroid dienone is 1. The molecular weight excluding hydrogens is 206 g/mol. The Kier molecular flexibility index (Phi) is 6.18. The predicted octanol–water partition coefficient (Wildman–Crippen LogP) is 2.80. The second-order valence-electron chi connectivity index (χ2n) is 3.99. The summed E-state index contributed by atoms with van der Waals surface area (Å²) >= 11 is 2.02. The zero-order valence-corrected chi connectivity index (χ0v) is 10.9. The van der Waals surface area contributed by atoms with Crippen molar-refractivity contribution in [3.8, 4) is 0 Å². The molecule has 0 aliphatic carbocycles. The summed E-state index contributed by atoms with van der Waals surface area (Å²) in [5.74, 6) is 2.26. The van der Waals surface area contributed by atoms with Crippen LogP contribution in [-0.4, -0.2) is 30.7 Å². The van der Waals surface area contributed by atoms with Gasteiger partial charge in [0.15, 0.2) is 0 Å². The lowest BCUT2D eigenvalue weighted by Crippen LogP contribution is -2.32. The van der Waals surface area contributed by atoms with Crippen molar-refractivity contribution in [1.82, 2.24) is 5.32 Å². The Labute approximate surface area is 97.8 Å². The predicted molar refractivity (Wildman–Crippen MR) is 68.3 cm³/mol. The molecule has 2 nitrogen and oxygen atoms in total. The molecule has 1 aliphatic heterocycles. The smallest absolute Gasteiger partial charge is 0.110 e. The summed E-state index contributed by atoms with van der Waals surface area (Å²) in [4.78, 5) is 0. The van der Waals surface area contributed by atoms with Crippen LogP contribution in [0.5, 0.6) is 0 Å². The number of hydrogen-bond acceptors (Lipinski definition) is 3. The van der Waals surface area contributed by atoms with Crippen molar-refractivity contribution in [2.24, 2.45) is 0 Å². The minimum atomic E-state index is 0.393. The molecule has 3 heteroatoms. The first-order valence-corrected chi connectivity index (χ1v) is 6.94. The highest BCUT2D eigenvalue weighted by Gasteiger charge is 2.16. The third-order valence-electron chi connectivity index (χ3n) is 2.78. The molecule has 2 atom stereocenters. The Balaban J connectivity index is 2.37. The summed E-state index contributed by atoms with van der Waals surface area (Å²) in [5, 5.41) is 4.08. The van der Waals surface area contributed by atoms with Gasteiger partial charge >= 0.3 is 0 Å². The van der Waals surface area contributed by atoms with E-state index in [0.717, 1.165) is 23.4 Å². The summed E-state index contributed by atoms with van der Waals surface area (Å²) < 4.78 is 5.68. The SMILES string of the molecule is CCC(C)SCC(NC)C1=CCCCO1. The van der Waals surface area contributed by atoms with Crippen LogP contribution in [0, 0.1) is 0 Å². The fraction of sp³-hybridized carbons (Fsp3) is 0.833. The van der Waals surface area contributed by atoms with Gasteiger partial charge in [-0.3, -0.25) is 0 Å². The monoisotopic (exact) mass is 229 g/mol. The van der Waals surface area contributed by atoms with Crippen molar-refractivity contribution >= 4 is 11.8 Å². The van der Waals surface area contributed by atoms with Gasteiger partial charge in [0.1, 0.15) is 5.76 Å². The van der Waals surface area contributed by atoms with Crippen LogP contribution in [0.4, 0.5) is 0 Å². The van der Waals surface area contributed by atoms with Gasteiger partial charge in [-0.15, -0.1) is 0 Å². The molecule has 0 bridgehead atoms. The van der Waals surface area contributed by atoms with Crippen LogP contribution < -0.4 is 5.32 Å². The largest absolute Gasteiger partial charge is 0.497 e. The van der Waals surface area contributed by atoms with Crippen LogP contribution in [0.3, 0.4) is 0 Å². The van der Waals surface area contributed by atoms with Crippen LogP contribution in [0.15, 0.2) is 11.8 Å². The normalized spacial score (nSPS) is 20.3. The van der Waals surface area contributed by atoms with E-state index in [0.29, 0.717) is 6.04 Å². The van der Waals surface area contributed by atoms with Gasteiger partial charge in [0.05, 0.1) is 12.6 Å². The van der Waals surface area contributed by atoms with Gasteiger partial charge in [-0.25, -0.2) is 0 Å². The molecular formula is C12H23NOS. The highest BCUT2D eigenvalue weighted by molar-refractivity contribution is 7.99. The van der Waals surface area contributed by atoms with E-state index in [9.17, 15) is 0 Å². The van der Waals surface area contributed by atoms with Crippen molar-refractivity contribution in [3.63, 3.8) is 0 Å². The molecule has 0 saturated carbocycles. The molecule has 88 valence electrons. The molecule has 0 radical (unpaired) electrons. The number of ether oxygens (including phenoxy) is 1. The number of likely N-dealkylation sites (N-methyl/N-ethyl adjacent to an activating group) is 1. The lowest BCUT2D eigenvalue weighted by Gasteiger charge is -2.24. The lowest BCUT2D eigenvalue weighted by atomic mass is 10.2. The summed E-state index contributed by atoms with van der Waals surface area (Å²) in [6.45, 7) is 5.41. The zero-order valence-electron chi connectivity index (χ0n) is 10.1. The molecule has 1 heterocycles. The van der Waals surface area contributed by atoms with E-state index in [2.05, 4.69) is 25.2 Å². The molecule has 0 aromatic heterocycles. The van der Waals surface area contributed by atoms with Crippen LogP contribution in [0.25, 0.3) is 0 Å². The Morgan fingerprint density at radius 1 is 1.60 bits per heavy atom. The Hall–Kier alpha value is -0.150. The van der Waals surface area contributed by atoms with Crippen molar-refractivity contribution in [2.45, 2.75) is 44.4 Å². The average Bonchev–Trinajstić information content (AvgIpc) is 2.31. The molecule has 0 spiro atoms. The van der Waals surface area contributed by atoms with Gasteiger partial charge in [0.25, 0.3) is 0 Å². The van der Waals surface area contributed by atoms with Gasteiger partial charge in [0, 0.05) is 11.0 Å². The van der Waals surface area contributed by atoms with Crippen LogP contribution in [0.2, 0.25) is 0 Å². The second-order valence-corrected chi connectivity index (χ2v) is 5.46. The summed E-state index contributed by atoms with van der Waals surface area (Å²) in [7, 11) is 2.01.